The zero-order valence-electron chi connectivity index (χ0n) is 8.82. The molecule has 0 fully saturated rings. The normalized spacial score (nSPS) is 13.4. The van der Waals surface area contributed by atoms with E-state index in [1.54, 1.807) is 25.6 Å². The number of likely N-dealkylation sites (N-methyl/N-ethyl adjacent to an activating group) is 1. The van der Waals surface area contributed by atoms with Crippen LogP contribution < -0.4 is 5.32 Å². The van der Waals surface area contributed by atoms with E-state index in [4.69, 9.17) is 9.47 Å². The third-order valence-corrected chi connectivity index (χ3v) is 3.06. The molecule has 0 saturated heterocycles. The standard InChI is InChI=1S/C10H17NO2S/c1-11-9(10(12-2)13-3)7-8-5-4-6-14-8/h4-6,9-11H,7H2,1-3H3. The van der Waals surface area contributed by atoms with Crippen LogP contribution in [-0.4, -0.2) is 33.6 Å². The van der Waals surface area contributed by atoms with Gasteiger partial charge in [-0.05, 0) is 18.5 Å². The number of rotatable bonds is 6. The highest BCUT2D eigenvalue weighted by Crippen LogP contribution is 2.13. The van der Waals surface area contributed by atoms with Crippen LogP contribution in [0, 0.1) is 0 Å². The second kappa shape index (κ2) is 6.14. The molecule has 80 valence electrons. The molecule has 14 heavy (non-hydrogen) atoms. The van der Waals surface area contributed by atoms with Gasteiger partial charge in [-0.3, -0.25) is 0 Å². The Hall–Kier alpha value is -0.420. The highest BCUT2D eigenvalue weighted by atomic mass is 32.1. The van der Waals surface area contributed by atoms with Crippen LogP contribution in [0.4, 0.5) is 0 Å². The van der Waals surface area contributed by atoms with Gasteiger partial charge in [0.15, 0.2) is 6.29 Å². The molecule has 1 heterocycles. The van der Waals surface area contributed by atoms with Crippen LogP contribution in [0.5, 0.6) is 0 Å². The highest BCUT2D eigenvalue weighted by Gasteiger charge is 2.19. The van der Waals surface area contributed by atoms with Crippen LogP contribution >= 0.6 is 11.3 Å². The molecule has 1 rings (SSSR count). The van der Waals surface area contributed by atoms with E-state index in [9.17, 15) is 0 Å². The van der Waals surface area contributed by atoms with Crippen molar-refractivity contribution < 1.29 is 9.47 Å². The molecule has 0 saturated carbocycles. The minimum Gasteiger partial charge on any atom is -0.354 e. The van der Waals surface area contributed by atoms with Gasteiger partial charge < -0.3 is 14.8 Å². The minimum atomic E-state index is -0.193. The lowest BCUT2D eigenvalue weighted by Gasteiger charge is -2.23. The van der Waals surface area contributed by atoms with Gasteiger partial charge in [0.2, 0.25) is 0 Å². The number of nitrogens with one attached hydrogen (secondary N) is 1. The van der Waals surface area contributed by atoms with Crippen LogP contribution in [0.25, 0.3) is 0 Å². The fourth-order valence-electron chi connectivity index (χ4n) is 1.40. The minimum absolute atomic E-state index is 0.193. The van der Waals surface area contributed by atoms with E-state index < -0.39 is 0 Å². The van der Waals surface area contributed by atoms with Gasteiger partial charge in [0.25, 0.3) is 0 Å². The molecule has 0 spiro atoms. The first kappa shape index (κ1) is 11.7. The first-order valence-corrected chi connectivity index (χ1v) is 5.45. The molecule has 1 aromatic rings. The fraction of sp³-hybridized carbons (Fsp3) is 0.600. The summed E-state index contributed by atoms with van der Waals surface area (Å²) in [4.78, 5) is 1.34. The van der Waals surface area contributed by atoms with Gasteiger partial charge >= 0.3 is 0 Å². The molecule has 1 N–H and O–H groups in total. The Kier molecular flexibility index (Phi) is 5.11. The maximum Gasteiger partial charge on any atom is 0.172 e. The number of methoxy groups -OCH3 is 2. The van der Waals surface area contributed by atoms with Gasteiger partial charge in [-0.15, -0.1) is 11.3 Å². The summed E-state index contributed by atoms with van der Waals surface area (Å²) in [5.41, 5.74) is 0. The lowest BCUT2D eigenvalue weighted by atomic mass is 10.2. The Morgan fingerprint density at radius 1 is 1.43 bits per heavy atom. The van der Waals surface area contributed by atoms with Crippen molar-refractivity contribution in [3.8, 4) is 0 Å². The maximum atomic E-state index is 5.22. The Balaban J connectivity index is 2.53. The molecular weight excluding hydrogens is 198 g/mol. The number of hydrogen-bond acceptors (Lipinski definition) is 4. The van der Waals surface area contributed by atoms with Crippen molar-refractivity contribution in [3.63, 3.8) is 0 Å². The summed E-state index contributed by atoms with van der Waals surface area (Å²) in [6, 6.07) is 4.38. The summed E-state index contributed by atoms with van der Waals surface area (Å²) >= 11 is 1.75. The van der Waals surface area contributed by atoms with Gasteiger partial charge in [0.1, 0.15) is 0 Å². The van der Waals surface area contributed by atoms with Crippen LogP contribution in [0.3, 0.4) is 0 Å². The molecule has 0 aromatic carbocycles. The van der Waals surface area contributed by atoms with E-state index in [0.29, 0.717) is 0 Å². The smallest absolute Gasteiger partial charge is 0.172 e. The van der Waals surface area contributed by atoms with Crippen molar-refractivity contribution >= 4 is 11.3 Å². The van der Waals surface area contributed by atoms with Gasteiger partial charge in [-0.1, -0.05) is 6.07 Å². The molecule has 0 aliphatic carbocycles. The summed E-state index contributed by atoms with van der Waals surface area (Å²) in [6.07, 6.45) is 0.739. The Morgan fingerprint density at radius 2 is 2.14 bits per heavy atom. The average molecular weight is 215 g/mol. The maximum absolute atomic E-state index is 5.22. The highest BCUT2D eigenvalue weighted by molar-refractivity contribution is 7.09. The van der Waals surface area contributed by atoms with Gasteiger partial charge in [0.05, 0.1) is 6.04 Å². The molecule has 0 aliphatic heterocycles. The fourth-order valence-corrected chi connectivity index (χ4v) is 2.17. The molecule has 0 amide bonds. The third-order valence-electron chi connectivity index (χ3n) is 2.17. The second-order valence-electron chi connectivity index (χ2n) is 3.02. The first-order valence-electron chi connectivity index (χ1n) is 4.57. The van der Waals surface area contributed by atoms with Crippen molar-refractivity contribution in [1.29, 1.82) is 0 Å². The van der Waals surface area contributed by atoms with Crippen LogP contribution in [0.2, 0.25) is 0 Å². The lowest BCUT2D eigenvalue weighted by Crippen LogP contribution is -2.41. The summed E-state index contributed by atoms with van der Waals surface area (Å²) in [5, 5.41) is 5.28. The van der Waals surface area contributed by atoms with Crippen molar-refractivity contribution in [2.24, 2.45) is 0 Å². The second-order valence-corrected chi connectivity index (χ2v) is 4.05. The molecule has 1 atom stereocenters. The van der Waals surface area contributed by atoms with Crippen molar-refractivity contribution in [2.45, 2.75) is 18.8 Å². The van der Waals surface area contributed by atoms with Gasteiger partial charge in [0, 0.05) is 25.5 Å². The Morgan fingerprint density at radius 3 is 2.57 bits per heavy atom. The zero-order valence-corrected chi connectivity index (χ0v) is 9.64. The molecule has 0 aliphatic rings. The number of ether oxygens (including phenoxy) is 2. The molecule has 1 unspecified atom stereocenters. The predicted molar refractivity (Wildman–Crippen MR) is 58.7 cm³/mol. The van der Waals surface area contributed by atoms with E-state index in [-0.39, 0.29) is 12.3 Å². The van der Waals surface area contributed by atoms with E-state index in [1.807, 2.05) is 7.05 Å². The van der Waals surface area contributed by atoms with E-state index in [2.05, 4.69) is 22.8 Å². The molecule has 1 aromatic heterocycles. The van der Waals surface area contributed by atoms with Crippen LogP contribution in [0.15, 0.2) is 17.5 Å². The van der Waals surface area contributed by atoms with E-state index in [0.717, 1.165) is 6.42 Å². The van der Waals surface area contributed by atoms with Crippen LogP contribution in [0.1, 0.15) is 4.88 Å². The SMILES string of the molecule is CNC(Cc1cccs1)C(OC)OC. The van der Waals surface area contributed by atoms with Gasteiger partial charge in [-0.2, -0.15) is 0 Å². The molecule has 4 heteroatoms. The molecule has 0 radical (unpaired) electrons. The van der Waals surface area contributed by atoms with E-state index in [1.165, 1.54) is 4.88 Å². The summed E-state index contributed by atoms with van der Waals surface area (Å²) < 4.78 is 10.4. The molecule has 3 nitrogen and oxygen atoms in total. The van der Waals surface area contributed by atoms with Crippen LogP contribution in [-0.2, 0) is 15.9 Å². The van der Waals surface area contributed by atoms with Crippen molar-refractivity contribution in [3.05, 3.63) is 22.4 Å². The zero-order chi connectivity index (χ0) is 10.4. The van der Waals surface area contributed by atoms with Crippen molar-refractivity contribution in [1.82, 2.24) is 5.32 Å². The quantitative estimate of drug-likeness (QED) is 0.729. The lowest BCUT2D eigenvalue weighted by molar-refractivity contribution is -0.121. The monoisotopic (exact) mass is 215 g/mol. The average Bonchev–Trinajstić information content (AvgIpc) is 2.70. The molecule has 0 bridgehead atoms. The number of hydrogen-bond donors (Lipinski definition) is 1. The number of thiophene rings is 1. The summed E-state index contributed by atoms with van der Waals surface area (Å²) in [5.74, 6) is 0. The van der Waals surface area contributed by atoms with Crippen molar-refractivity contribution in [2.75, 3.05) is 21.3 Å². The van der Waals surface area contributed by atoms with E-state index >= 15 is 0 Å². The Bertz CT molecular complexity index is 234. The van der Waals surface area contributed by atoms with Gasteiger partial charge in [-0.25, -0.2) is 0 Å². The first-order chi connectivity index (χ1) is 6.81. The summed E-state index contributed by atoms with van der Waals surface area (Å²) in [7, 11) is 5.24. The third kappa shape index (κ3) is 3.06. The Labute approximate surface area is 89.0 Å². The molecular formula is C10H17NO2S. The topological polar surface area (TPSA) is 30.5 Å². The predicted octanol–water partition coefficient (Wildman–Crippen LogP) is 1.50. The largest absolute Gasteiger partial charge is 0.354 e. The summed E-state index contributed by atoms with van der Waals surface area (Å²) in [6.45, 7) is 0.